The SMILES string of the molecule is COc1cc(CC(C)N)cc(Cl)c1OCCC(C)(C)OC. The van der Waals surface area contributed by atoms with Gasteiger partial charge in [0.25, 0.3) is 0 Å². The van der Waals surface area contributed by atoms with Crippen molar-refractivity contribution in [2.75, 3.05) is 20.8 Å². The van der Waals surface area contributed by atoms with Crippen LogP contribution in [0.15, 0.2) is 12.1 Å². The molecule has 0 heterocycles. The lowest BCUT2D eigenvalue weighted by Crippen LogP contribution is -2.25. The van der Waals surface area contributed by atoms with Crippen molar-refractivity contribution in [3.63, 3.8) is 0 Å². The first-order valence-electron chi connectivity index (χ1n) is 7.09. The van der Waals surface area contributed by atoms with Crippen LogP contribution in [-0.4, -0.2) is 32.5 Å². The minimum atomic E-state index is -0.228. The van der Waals surface area contributed by atoms with Gasteiger partial charge in [0.2, 0.25) is 0 Å². The molecule has 1 unspecified atom stereocenters. The predicted octanol–water partition coefficient (Wildman–Crippen LogP) is 3.43. The highest BCUT2D eigenvalue weighted by molar-refractivity contribution is 6.32. The summed E-state index contributed by atoms with van der Waals surface area (Å²) in [7, 11) is 3.30. The zero-order valence-electron chi connectivity index (χ0n) is 13.5. The Morgan fingerprint density at radius 2 is 1.95 bits per heavy atom. The summed E-state index contributed by atoms with van der Waals surface area (Å²) in [6.45, 7) is 6.49. The van der Waals surface area contributed by atoms with Crippen molar-refractivity contribution in [2.45, 2.75) is 45.3 Å². The molecule has 0 fully saturated rings. The van der Waals surface area contributed by atoms with Crippen LogP contribution in [-0.2, 0) is 11.2 Å². The molecule has 0 spiro atoms. The van der Waals surface area contributed by atoms with Gasteiger partial charge in [0, 0.05) is 19.6 Å². The Labute approximate surface area is 132 Å². The maximum absolute atomic E-state index is 6.30. The number of halogens is 1. The molecule has 0 aromatic heterocycles. The highest BCUT2D eigenvalue weighted by atomic mass is 35.5. The van der Waals surface area contributed by atoms with Gasteiger partial charge in [-0.2, -0.15) is 0 Å². The molecule has 1 rings (SSSR count). The van der Waals surface area contributed by atoms with Crippen LogP contribution in [0.5, 0.6) is 11.5 Å². The van der Waals surface area contributed by atoms with Crippen molar-refractivity contribution in [1.29, 1.82) is 0 Å². The Kier molecular flexibility index (Phi) is 6.78. The molecule has 0 aliphatic carbocycles. The number of rotatable bonds is 8. The zero-order chi connectivity index (χ0) is 16.0. The van der Waals surface area contributed by atoms with Crippen LogP contribution < -0.4 is 15.2 Å². The fourth-order valence-electron chi connectivity index (χ4n) is 1.90. The van der Waals surface area contributed by atoms with Crippen LogP contribution in [0.1, 0.15) is 32.8 Å². The van der Waals surface area contributed by atoms with Crippen molar-refractivity contribution < 1.29 is 14.2 Å². The van der Waals surface area contributed by atoms with E-state index in [0.717, 1.165) is 18.4 Å². The molecule has 0 saturated heterocycles. The lowest BCUT2D eigenvalue weighted by molar-refractivity contribution is 0.00525. The van der Waals surface area contributed by atoms with Crippen molar-refractivity contribution >= 4 is 11.6 Å². The van der Waals surface area contributed by atoms with E-state index in [1.54, 1.807) is 14.2 Å². The summed E-state index contributed by atoms with van der Waals surface area (Å²) in [5, 5.41) is 0.542. The average molecular weight is 316 g/mol. The molecule has 0 amide bonds. The second kappa shape index (κ2) is 7.87. The molecule has 5 heteroatoms. The van der Waals surface area contributed by atoms with Crippen LogP contribution in [0, 0.1) is 0 Å². The molecule has 0 aliphatic heterocycles. The molecule has 21 heavy (non-hydrogen) atoms. The number of methoxy groups -OCH3 is 2. The lowest BCUT2D eigenvalue weighted by Gasteiger charge is -2.23. The molecule has 1 atom stereocenters. The van der Waals surface area contributed by atoms with E-state index in [-0.39, 0.29) is 11.6 Å². The van der Waals surface area contributed by atoms with Crippen LogP contribution in [0.2, 0.25) is 5.02 Å². The Morgan fingerprint density at radius 1 is 1.29 bits per heavy atom. The van der Waals surface area contributed by atoms with E-state index < -0.39 is 0 Å². The Balaban J connectivity index is 2.82. The lowest BCUT2D eigenvalue weighted by atomic mass is 10.1. The van der Waals surface area contributed by atoms with Crippen molar-refractivity contribution in [3.05, 3.63) is 22.7 Å². The molecule has 0 bridgehead atoms. The van der Waals surface area contributed by atoms with Gasteiger partial charge in [-0.25, -0.2) is 0 Å². The average Bonchev–Trinajstić information content (AvgIpc) is 2.40. The van der Waals surface area contributed by atoms with E-state index in [1.807, 2.05) is 32.9 Å². The van der Waals surface area contributed by atoms with E-state index in [2.05, 4.69) is 0 Å². The van der Waals surface area contributed by atoms with E-state index in [4.69, 9.17) is 31.5 Å². The topological polar surface area (TPSA) is 53.7 Å². The van der Waals surface area contributed by atoms with E-state index in [9.17, 15) is 0 Å². The second-order valence-electron chi connectivity index (χ2n) is 5.85. The maximum Gasteiger partial charge on any atom is 0.179 e. The largest absolute Gasteiger partial charge is 0.493 e. The smallest absolute Gasteiger partial charge is 0.179 e. The summed E-state index contributed by atoms with van der Waals surface area (Å²) in [6, 6.07) is 3.87. The van der Waals surface area contributed by atoms with Crippen molar-refractivity contribution in [2.24, 2.45) is 5.73 Å². The van der Waals surface area contributed by atoms with E-state index in [0.29, 0.717) is 23.1 Å². The summed E-state index contributed by atoms with van der Waals surface area (Å²) in [5.41, 5.74) is 6.63. The molecule has 1 aromatic carbocycles. The number of nitrogens with two attached hydrogens (primary N) is 1. The Hall–Kier alpha value is -0.970. The highest BCUT2D eigenvalue weighted by Crippen LogP contribution is 2.37. The molecular formula is C16H26ClNO3. The monoisotopic (exact) mass is 315 g/mol. The molecule has 120 valence electrons. The standard InChI is InChI=1S/C16H26ClNO3/c1-11(18)8-12-9-13(17)15(14(10-12)19-4)21-7-6-16(2,3)20-5/h9-11H,6-8,18H2,1-5H3. The van der Waals surface area contributed by atoms with Crippen LogP contribution in [0.3, 0.4) is 0 Å². The molecule has 0 radical (unpaired) electrons. The first kappa shape index (κ1) is 18.1. The van der Waals surface area contributed by atoms with Gasteiger partial charge in [-0.15, -0.1) is 0 Å². The normalized spacial score (nSPS) is 13.1. The summed E-state index contributed by atoms with van der Waals surface area (Å²) >= 11 is 6.30. The third-order valence-electron chi connectivity index (χ3n) is 3.35. The number of ether oxygens (including phenoxy) is 3. The number of hydrogen-bond acceptors (Lipinski definition) is 4. The fourth-order valence-corrected chi connectivity index (χ4v) is 2.19. The summed E-state index contributed by atoms with van der Waals surface area (Å²) in [5.74, 6) is 1.20. The predicted molar refractivity (Wildman–Crippen MR) is 86.6 cm³/mol. The molecule has 4 nitrogen and oxygen atoms in total. The first-order valence-corrected chi connectivity index (χ1v) is 7.47. The minimum absolute atomic E-state index is 0.0695. The second-order valence-corrected chi connectivity index (χ2v) is 6.26. The van der Waals surface area contributed by atoms with Crippen molar-refractivity contribution in [3.8, 4) is 11.5 Å². The van der Waals surface area contributed by atoms with Gasteiger partial charge in [0.1, 0.15) is 0 Å². The highest BCUT2D eigenvalue weighted by Gasteiger charge is 2.18. The van der Waals surface area contributed by atoms with Gasteiger partial charge in [0.05, 0.1) is 24.3 Å². The summed E-state index contributed by atoms with van der Waals surface area (Å²) in [4.78, 5) is 0. The fraction of sp³-hybridized carbons (Fsp3) is 0.625. The van der Waals surface area contributed by atoms with Gasteiger partial charge in [-0.05, 0) is 44.9 Å². The number of benzene rings is 1. The molecule has 1 aromatic rings. The number of hydrogen-bond donors (Lipinski definition) is 1. The van der Waals surface area contributed by atoms with Crippen LogP contribution in [0.25, 0.3) is 0 Å². The quantitative estimate of drug-likeness (QED) is 0.798. The minimum Gasteiger partial charge on any atom is -0.493 e. The van der Waals surface area contributed by atoms with E-state index >= 15 is 0 Å². The van der Waals surface area contributed by atoms with Gasteiger partial charge in [0.15, 0.2) is 11.5 Å². The Bertz CT molecular complexity index is 461. The molecule has 0 aliphatic rings. The summed E-state index contributed by atoms with van der Waals surface area (Å²) < 4.78 is 16.5. The van der Waals surface area contributed by atoms with Gasteiger partial charge < -0.3 is 19.9 Å². The Morgan fingerprint density at radius 3 is 2.48 bits per heavy atom. The van der Waals surface area contributed by atoms with Gasteiger partial charge in [-0.3, -0.25) is 0 Å². The van der Waals surface area contributed by atoms with Crippen molar-refractivity contribution in [1.82, 2.24) is 0 Å². The molecule has 2 N–H and O–H groups in total. The van der Waals surface area contributed by atoms with Crippen LogP contribution in [0.4, 0.5) is 0 Å². The zero-order valence-corrected chi connectivity index (χ0v) is 14.3. The van der Waals surface area contributed by atoms with Gasteiger partial charge >= 0.3 is 0 Å². The van der Waals surface area contributed by atoms with E-state index in [1.165, 1.54) is 0 Å². The molecular weight excluding hydrogens is 290 g/mol. The van der Waals surface area contributed by atoms with Crippen LogP contribution >= 0.6 is 11.6 Å². The third kappa shape index (κ3) is 5.73. The third-order valence-corrected chi connectivity index (χ3v) is 3.63. The maximum atomic E-state index is 6.30. The van der Waals surface area contributed by atoms with Gasteiger partial charge in [-0.1, -0.05) is 11.6 Å². The molecule has 0 saturated carbocycles. The summed E-state index contributed by atoms with van der Waals surface area (Å²) in [6.07, 6.45) is 1.50. The first-order chi connectivity index (χ1) is 9.79.